The molecular formula is C18H24N5OP. The highest BCUT2D eigenvalue weighted by atomic mass is 31.0. The highest BCUT2D eigenvalue weighted by molar-refractivity contribution is 7.18. The predicted molar refractivity (Wildman–Crippen MR) is 104 cm³/mol. The summed E-state index contributed by atoms with van der Waals surface area (Å²) in [4.78, 5) is 23.9. The van der Waals surface area contributed by atoms with Gasteiger partial charge in [0.25, 0.3) is 0 Å². The molecule has 0 spiro atoms. The average molecular weight is 357 g/mol. The minimum Gasteiger partial charge on any atom is -0.346 e. The third-order valence-corrected chi connectivity index (χ3v) is 4.42. The number of pyridine rings is 1. The van der Waals surface area contributed by atoms with Gasteiger partial charge in [-0.15, -0.1) is 9.24 Å². The van der Waals surface area contributed by atoms with Crippen LogP contribution in [0.15, 0.2) is 37.1 Å². The number of allylic oxidation sites excluding steroid dienone is 1. The van der Waals surface area contributed by atoms with E-state index < -0.39 is 0 Å². The molecule has 0 aliphatic rings. The quantitative estimate of drug-likeness (QED) is 0.637. The summed E-state index contributed by atoms with van der Waals surface area (Å²) in [6.07, 6.45) is 7.44. The van der Waals surface area contributed by atoms with Gasteiger partial charge < -0.3 is 14.9 Å². The van der Waals surface area contributed by atoms with E-state index in [4.69, 9.17) is 0 Å². The highest BCUT2D eigenvalue weighted by Gasteiger charge is 2.14. The molecule has 0 aromatic carbocycles. The summed E-state index contributed by atoms with van der Waals surface area (Å²) < 4.78 is 2.08. The van der Waals surface area contributed by atoms with Crippen molar-refractivity contribution in [3.05, 3.63) is 37.1 Å². The molecular weight excluding hydrogens is 333 g/mol. The zero-order chi connectivity index (χ0) is 18.0. The molecule has 132 valence electrons. The maximum atomic E-state index is 12.0. The van der Waals surface area contributed by atoms with Gasteiger partial charge in [-0.05, 0) is 17.6 Å². The van der Waals surface area contributed by atoms with Crippen LogP contribution in [0, 0.1) is 0 Å². The van der Waals surface area contributed by atoms with Gasteiger partial charge in [-0.1, -0.05) is 20.4 Å². The summed E-state index contributed by atoms with van der Waals surface area (Å²) in [6.45, 7) is 8.88. The molecule has 6 nitrogen and oxygen atoms in total. The Morgan fingerprint density at radius 3 is 2.96 bits per heavy atom. The Kier molecular flexibility index (Phi) is 4.91. The lowest BCUT2D eigenvalue weighted by Crippen LogP contribution is -2.24. The van der Waals surface area contributed by atoms with Gasteiger partial charge in [-0.3, -0.25) is 4.79 Å². The first-order valence-electron chi connectivity index (χ1n) is 8.37. The van der Waals surface area contributed by atoms with Crippen LogP contribution in [0.1, 0.15) is 33.1 Å². The van der Waals surface area contributed by atoms with Crippen molar-refractivity contribution in [1.29, 1.82) is 0 Å². The molecule has 1 atom stereocenters. The topological polar surface area (TPSA) is 75.6 Å². The number of imidazole rings is 1. The number of amides is 1. The van der Waals surface area contributed by atoms with Crippen molar-refractivity contribution in [3.8, 4) is 0 Å². The number of aromatic nitrogens is 4. The number of nitrogens with one attached hydrogen (secondary N) is 2. The predicted octanol–water partition coefficient (Wildman–Crippen LogP) is 3.37. The molecule has 0 fully saturated rings. The van der Waals surface area contributed by atoms with Gasteiger partial charge in [-0.25, -0.2) is 9.97 Å². The number of nitrogens with zero attached hydrogens (tertiary/aromatic N) is 3. The first-order valence-corrected chi connectivity index (χ1v) is 8.95. The Hall–Kier alpha value is -2.20. The van der Waals surface area contributed by atoms with Crippen LogP contribution in [-0.2, 0) is 11.3 Å². The van der Waals surface area contributed by atoms with E-state index in [1.807, 2.05) is 18.6 Å². The standard InChI is InChI=1S/C18H24N5OP/c1-12(22-15(24)4-7-18(2,3)25)6-9-23-11-21-14-10-20-17-13(16(14)23)5-8-19-17/h5,8,10-11H,1,4,6-7,9,25H2,2-3H3,(H,19,20)(H,22,24). The molecule has 0 saturated heterocycles. The van der Waals surface area contributed by atoms with Crippen LogP contribution >= 0.6 is 9.24 Å². The molecule has 0 bridgehead atoms. The van der Waals surface area contributed by atoms with E-state index >= 15 is 0 Å². The molecule has 3 aromatic heterocycles. The molecule has 0 aliphatic carbocycles. The van der Waals surface area contributed by atoms with Crippen molar-refractivity contribution in [2.75, 3.05) is 0 Å². The fourth-order valence-corrected chi connectivity index (χ4v) is 2.90. The summed E-state index contributed by atoms with van der Waals surface area (Å²) in [5, 5.41) is 4.02. The number of carbonyl (C=O) groups is 1. The highest BCUT2D eigenvalue weighted by Crippen LogP contribution is 2.23. The minimum absolute atomic E-state index is 0.0215. The third-order valence-electron chi connectivity index (χ3n) is 4.13. The SMILES string of the molecule is C=C(CCn1cnc2cnc3[nH]ccc3c21)NC(=O)CCC(C)(C)P. The molecule has 25 heavy (non-hydrogen) atoms. The van der Waals surface area contributed by atoms with E-state index in [1.165, 1.54) is 0 Å². The Labute approximate surface area is 149 Å². The second-order valence-electron chi connectivity index (χ2n) is 7.06. The van der Waals surface area contributed by atoms with Crippen LogP contribution in [0.3, 0.4) is 0 Å². The lowest BCUT2D eigenvalue weighted by atomic mass is 10.1. The van der Waals surface area contributed by atoms with E-state index in [-0.39, 0.29) is 11.1 Å². The Balaban J connectivity index is 1.62. The maximum Gasteiger partial charge on any atom is 0.224 e. The summed E-state index contributed by atoms with van der Waals surface area (Å²) in [5.41, 5.74) is 3.49. The summed E-state index contributed by atoms with van der Waals surface area (Å²) >= 11 is 0. The smallest absolute Gasteiger partial charge is 0.224 e. The number of rotatable bonds is 7. The van der Waals surface area contributed by atoms with E-state index in [9.17, 15) is 4.79 Å². The van der Waals surface area contributed by atoms with Crippen molar-refractivity contribution < 1.29 is 4.79 Å². The molecule has 7 heteroatoms. The Morgan fingerprint density at radius 2 is 2.20 bits per heavy atom. The van der Waals surface area contributed by atoms with Crippen LogP contribution in [0.4, 0.5) is 0 Å². The number of H-pyrrole nitrogens is 1. The number of fused-ring (bicyclic) bond motifs is 3. The van der Waals surface area contributed by atoms with E-state index in [0.717, 1.165) is 34.2 Å². The van der Waals surface area contributed by atoms with Crippen molar-refractivity contribution in [3.63, 3.8) is 0 Å². The van der Waals surface area contributed by atoms with Crippen LogP contribution < -0.4 is 5.32 Å². The van der Waals surface area contributed by atoms with Gasteiger partial charge in [0.05, 0.1) is 18.0 Å². The number of carbonyl (C=O) groups excluding carboxylic acids is 1. The summed E-state index contributed by atoms with van der Waals surface area (Å²) in [7, 11) is 2.76. The first kappa shape index (κ1) is 17.6. The Bertz CT molecular complexity index is 918. The average Bonchev–Trinajstić information content (AvgIpc) is 3.16. The third kappa shape index (κ3) is 4.26. The van der Waals surface area contributed by atoms with Crippen molar-refractivity contribution >= 4 is 37.2 Å². The van der Waals surface area contributed by atoms with Gasteiger partial charge in [-0.2, -0.15) is 0 Å². The number of hydrogen-bond donors (Lipinski definition) is 2. The number of aromatic amines is 1. The molecule has 1 amide bonds. The first-order chi connectivity index (χ1) is 11.8. The van der Waals surface area contributed by atoms with Crippen LogP contribution in [-0.4, -0.2) is 30.6 Å². The molecule has 0 saturated carbocycles. The van der Waals surface area contributed by atoms with Crippen LogP contribution in [0.25, 0.3) is 22.1 Å². The van der Waals surface area contributed by atoms with Crippen LogP contribution in [0.5, 0.6) is 0 Å². The number of aryl methyl sites for hydroxylation is 1. The molecule has 3 rings (SSSR count). The molecule has 1 unspecified atom stereocenters. The summed E-state index contributed by atoms with van der Waals surface area (Å²) in [6, 6.07) is 2.00. The fourth-order valence-electron chi connectivity index (χ4n) is 2.75. The summed E-state index contributed by atoms with van der Waals surface area (Å²) in [5.74, 6) is 0.0215. The molecule has 0 radical (unpaired) electrons. The minimum atomic E-state index is 0.0215. The normalized spacial score (nSPS) is 12.0. The maximum absolute atomic E-state index is 12.0. The van der Waals surface area contributed by atoms with Crippen LogP contribution in [0.2, 0.25) is 0 Å². The van der Waals surface area contributed by atoms with E-state index in [2.05, 4.69) is 54.5 Å². The van der Waals surface area contributed by atoms with Gasteiger partial charge in [0.15, 0.2) is 0 Å². The zero-order valence-corrected chi connectivity index (χ0v) is 15.8. The number of hydrogen-bond acceptors (Lipinski definition) is 3. The lowest BCUT2D eigenvalue weighted by molar-refractivity contribution is -0.120. The molecule has 2 N–H and O–H groups in total. The van der Waals surface area contributed by atoms with Crippen molar-refractivity contribution in [2.45, 2.75) is 44.8 Å². The van der Waals surface area contributed by atoms with E-state index in [1.54, 1.807) is 6.20 Å². The Morgan fingerprint density at radius 1 is 1.40 bits per heavy atom. The van der Waals surface area contributed by atoms with E-state index in [0.29, 0.717) is 19.4 Å². The lowest BCUT2D eigenvalue weighted by Gasteiger charge is -2.17. The van der Waals surface area contributed by atoms with Gasteiger partial charge in [0.1, 0.15) is 11.2 Å². The molecule has 0 aliphatic heterocycles. The van der Waals surface area contributed by atoms with Crippen molar-refractivity contribution in [1.82, 2.24) is 24.8 Å². The fraction of sp³-hybridized carbons (Fsp3) is 0.389. The van der Waals surface area contributed by atoms with Gasteiger partial charge >= 0.3 is 0 Å². The second kappa shape index (κ2) is 6.96. The monoisotopic (exact) mass is 357 g/mol. The van der Waals surface area contributed by atoms with Gasteiger partial charge in [0.2, 0.25) is 5.91 Å². The second-order valence-corrected chi connectivity index (χ2v) is 8.62. The van der Waals surface area contributed by atoms with Gasteiger partial charge in [0, 0.05) is 36.7 Å². The van der Waals surface area contributed by atoms with Crippen molar-refractivity contribution in [2.24, 2.45) is 0 Å². The zero-order valence-electron chi connectivity index (χ0n) is 14.7. The molecule has 3 heterocycles. The largest absolute Gasteiger partial charge is 0.346 e. The molecule has 3 aromatic rings.